The fourth-order valence-corrected chi connectivity index (χ4v) is 2.63. The summed E-state index contributed by atoms with van der Waals surface area (Å²) in [4.78, 5) is 20.9. The van der Waals surface area contributed by atoms with Crippen LogP contribution in [-0.2, 0) is 0 Å². The molecule has 0 aliphatic heterocycles. The third-order valence-corrected chi connectivity index (χ3v) is 4.69. The van der Waals surface area contributed by atoms with Crippen LogP contribution in [0.25, 0.3) is 0 Å². The average Bonchev–Trinajstić information content (AvgIpc) is 2.63. The summed E-state index contributed by atoms with van der Waals surface area (Å²) in [5.74, 6) is 0.155. The van der Waals surface area contributed by atoms with E-state index in [0.29, 0.717) is 16.5 Å². The van der Waals surface area contributed by atoms with Crippen molar-refractivity contribution in [1.29, 1.82) is 0 Å². The Morgan fingerprint density at radius 3 is 2.31 bits per heavy atom. The maximum Gasteiger partial charge on any atom is 0.258 e. The van der Waals surface area contributed by atoms with E-state index in [2.05, 4.69) is 20.6 Å². The molecule has 132 valence electrons. The number of nitrogens with one attached hydrogen (secondary N) is 2. The first-order valence-electron chi connectivity index (χ1n) is 8.17. The molecule has 26 heavy (non-hydrogen) atoms. The van der Waals surface area contributed by atoms with Gasteiger partial charge in [0.25, 0.3) is 5.91 Å². The number of hydrogen-bond donors (Lipinski definition) is 2. The quantitative estimate of drug-likeness (QED) is 0.678. The zero-order valence-electron chi connectivity index (χ0n) is 14.8. The van der Waals surface area contributed by atoms with Crippen LogP contribution in [0.3, 0.4) is 0 Å². The van der Waals surface area contributed by atoms with Gasteiger partial charge in [-0.15, -0.1) is 0 Å². The smallest absolute Gasteiger partial charge is 0.258 e. The number of halogens is 1. The molecule has 0 bridgehead atoms. The molecule has 0 aliphatic rings. The van der Waals surface area contributed by atoms with Gasteiger partial charge in [0.1, 0.15) is 0 Å². The number of nitrogens with zero attached hydrogens (tertiary/aromatic N) is 2. The lowest BCUT2D eigenvalue weighted by Gasteiger charge is -2.11. The van der Waals surface area contributed by atoms with Gasteiger partial charge in [-0.1, -0.05) is 29.8 Å². The van der Waals surface area contributed by atoms with Gasteiger partial charge in [0.15, 0.2) is 0 Å². The van der Waals surface area contributed by atoms with Gasteiger partial charge < -0.3 is 10.6 Å². The van der Waals surface area contributed by atoms with Crippen molar-refractivity contribution in [3.8, 4) is 0 Å². The summed E-state index contributed by atoms with van der Waals surface area (Å²) < 4.78 is 0. The Hall–Kier alpha value is -2.92. The Bertz CT molecular complexity index is 955. The maximum absolute atomic E-state index is 12.4. The Kier molecular flexibility index (Phi) is 5.19. The molecule has 0 spiro atoms. The van der Waals surface area contributed by atoms with Gasteiger partial charge in [-0.2, -0.15) is 0 Å². The minimum atomic E-state index is -0.246. The Morgan fingerprint density at radius 1 is 0.923 bits per heavy atom. The first kappa shape index (κ1) is 17.9. The van der Waals surface area contributed by atoms with Crippen molar-refractivity contribution in [2.24, 2.45) is 0 Å². The second kappa shape index (κ2) is 7.54. The van der Waals surface area contributed by atoms with Gasteiger partial charge in [0, 0.05) is 28.8 Å². The summed E-state index contributed by atoms with van der Waals surface area (Å²) in [5.41, 5.74) is 5.07. The molecular weight excluding hydrogens is 348 g/mol. The molecule has 0 aliphatic carbocycles. The maximum atomic E-state index is 12.4. The molecule has 0 unspecified atom stereocenters. The van der Waals surface area contributed by atoms with E-state index in [0.717, 1.165) is 28.1 Å². The summed E-state index contributed by atoms with van der Waals surface area (Å²) in [5, 5.41) is 6.67. The number of carbonyl (C=O) groups excluding carboxylic acids is 1. The number of rotatable bonds is 4. The predicted octanol–water partition coefficient (Wildman–Crippen LogP) is 5.05. The molecule has 0 radical (unpaired) electrons. The van der Waals surface area contributed by atoms with E-state index in [1.165, 1.54) is 12.4 Å². The molecule has 3 rings (SSSR count). The molecule has 2 N–H and O–H groups in total. The molecule has 1 heterocycles. The molecule has 5 nitrogen and oxygen atoms in total. The molecule has 1 amide bonds. The first-order chi connectivity index (χ1) is 12.5. The largest absolute Gasteiger partial charge is 0.324 e. The fraction of sp³-hybridized carbons (Fsp3) is 0.150. The van der Waals surface area contributed by atoms with Crippen LogP contribution in [0, 0.1) is 20.8 Å². The predicted molar refractivity (Wildman–Crippen MR) is 105 cm³/mol. The van der Waals surface area contributed by atoms with Gasteiger partial charge in [-0.3, -0.25) is 4.79 Å². The summed E-state index contributed by atoms with van der Waals surface area (Å²) in [7, 11) is 0. The third kappa shape index (κ3) is 3.83. The zero-order chi connectivity index (χ0) is 18.7. The minimum absolute atomic E-state index is 0.246. The van der Waals surface area contributed by atoms with E-state index >= 15 is 0 Å². The van der Waals surface area contributed by atoms with Gasteiger partial charge in [0.05, 0.1) is 5.56 Å². The van der Waals surface area contributed by atoms with Crippen molar-refractivity contribution in [3.05, 3.63) is 76.1 Å². The van der Waals surface area contributed by atoms with Gasteiger partial charge >= 0.3 is 0 Å². The van der Waals surface area contributed by atoms with Crippen molar-refractivity contribution in [2.45, 2.75) is 20.8 Å². The third-order valence-electron chi connectivity index (χ3n) is 4.28. The SMILES string of the molecule is Cc1cccc(NC(=O)c2cnc(Nc3cccc(Cl)c3C)nc2)c1C. The Morgan fingerprint density at radius 2 is 1.58 bits per heavy atom. The number of aromatic nitrogens is 2. The molecular formula is C20H19ClN4O. The summed E-state index contributed by atoms with van der Waals surface area (Å²) in [6.45, 7) is 5.89. The van der Waals surface area contributed by atoms with Crippen LogP contribution in [0.2, 0.25) is 5.02 Å². The van der Waals surface area contributed by atoms with Crippen LogP contribution in [0.15, 0.2) is 48.8 Å². The standard InChI is InChI=1S/C20H19ClN4O/c1-12-6-4-8-17(13(12)2)24-19(26)15-10-22-20(23-11-15)25-18-9-5-7-16(21)14(18)3/h4-11H,1-3H3,(H,24,26)(H,22,23,25). The van der Waals surface area contributed by atoms with E-state index in [-0.39, 0.29) is 5.91 Å². The number of amides is 1. The zero-order valence-corrected chi connectivity index (χ0v) is 15.6. The lowest BCUT2D eigenvalue weighted by molar-refractivity contribution is 0.102. The Balaban J connectivity index is 1.74. The summed E-state index contributed by atoms with van der Waals surface area (Å²) in [6.07, 6.45) is 2.99. The number of hydrogen-bond acceptors (Lipinski definition) is 4. The van der Waals surface area contributed by atoms with Crippen LogP contribution in [-0.4, -0.2) is 15.9 Å². The normalized spacial score (nSPS) is 10.5. The number of benzene rings is 2. The highest BCUT2D eigenvalue weighted by Gasteiger charge is 2.10. The minimum Gasteiger partial charge on any atom is -0.324 e. The van der Waals surface area contributed by atoms with Crippen LogP contribution in [0.5, 0.6) is 0 Å². The molecule has 0 atom stereocenters. The first-order valence-corrected chi connectivity index (χ1v) is 8.55. The average molecular weight is 367 g/mol. The molecule has 1 aromatic heterocycles. The second-order valence-corrected chi connectivity index (χ2v) is 6.44. The van der Waals surface area contributed by atoms with E-state index in [1.807, 2.05) is 57.2 Å². The van der Waals surface area contributed by atoms with E-state index in [1.54, 1.807) is 0 Å². The van der Waals surface area contributed by atoms with E-state index < -0.39 is 0 Å². The van der Waals surface area contributed by atoms with Crippen LogP contribution < -0.4 is 10.6 Å². The fourth-order valence-electron chi connectivity index (χ4n) is 2.45. The van der Waals surface area contributed by atoms with Gasteiger partial charge in [-0.05, 0) is 55.7 Å². The van der Waals surface area contributed by atoms with E-state index in [9.17, 15) is 4.79 Å². The van der Waals surface area contributed by atoms with Crippen molar-refractivity contribution in [2.75, 3.05) is 10.6 Å². The highest BCUT2D eigenvalue weighted by Crippen LogP contribution is 2.25. The molecule has 0 saturated carbocycles. The lowest BCUT2D eigenvalue weighted by atomic mass is 10.1. The van der Waals surface area contributed by atoms with Crippen molar-refractivity contribution in [3.63, 3.8) is 0 Å². The highest BCUT2D eigenvalue weighted by atomic mass is 35.5. The molecule has 6 heteroatoms. The molecule has 3 aromatic rings. The summed E-state index contributed by atoms with van der Waals surface area (Å²) >= 11 is 6.11. The monoisotopic (exact) mass is 366 g/mol. The van der Waals surface area contributed by atoms with Gasteiger partial charge in [0.2, 0.25) is 5.95 Å². The highest BCUT2D eigenvalue weighted by molar-refractivity contribution is 6.31. The summed E-state index contributed by atoms with van der Waals surface area (Å²) in [6, 6.07) is 11.4. The number of carbonyl (C=O) groups is 1. The van der Waals surface area contributed by atoms with E-state index in [4.69, 9.17) is 11.6 Å². The lowest BCUT2D eigenvalue weighted by Crippen LogP contribution is -2.14. The van der Waals surface area contributed by atoms with Crippen LogP contribution >= 0.6 is 11.6 Å². The molecule has 0 saturated heterocycles. The number of aryl methyl sites for hydroxylation is 1. The molecule has 0 fully saturated rings. The van der Waals surface area contributed by atoms with Crippen LogP contribution in [0.4, 0.5) is 17.3 Å². The van der Waals surface area contributed by atoms with Crippen molar-refractivity contribution < 1.29 is 4.79 Å². The molecule has 2 aromatic carbocycles. The van der Waals surface area contributed by atoms with Crippen LogP contribution in [0.1, 0.15) is 27.0 Å². The van der Waals surface area contributed by atoms with Crippen molar-refractivity contribution in [1.82, 2.24) is 9.97 Å². The van der Waals surface area contributed by atoms with Gasteiger partial charge in [-0.25, -0.2) is 9.97 Å². The topological polar surface area (TPSA) is 66.9 Å². The second-order valence-electron chi connectivity index (χ2n) is 6.03. The Labute approximate surface area is 157 Å². The van der Waals surface area contributed by atoms with Crippen molar-refractivity contribution >= 4 is 34.8 Å². The number of anilines is 3.